The van der Waals surface area contributed by atoms with Crippen LogP contribution in [0.4, 0.5) is 11.4 Å². The normalized spacial score (nSPS) is 16.7. The number of ether oxygens (including phenoxy) is 1. The number of aromatic hydroxyl groups is 1. The lowest BCUT2D eigenvalue weighted by atomic mass is 9.65. The van der Waals surface area contributed by atoms with Gasteiger partial charge in [0.2, 0.25) is 5.91 Å². The minimum absolute atomic E-state index is 0.0406. The van der Waals surface area contributed by atoms with E-state index < -0.39 is 5.41 Å². The highest BCUT2D eigenvalue weighted by Gasteiger charge is 2.55. The number of amides is 1. The first-order valence-corrected chi connectivity index (χ1v) is 11.2. The molecule has 0 unspecified atom stereocenters. The summed E-state index contributed by atoms with van der Waals surface area (Å²) >= 11 is 0. The van der Waals surface area contributed by atoms with Gasteiger partial charge in [0.1, 0.15) is 11.5 Å². The maximum Gasteiger partial charge on any atom is 0.238 e. The van der Waals surface area contributed by atoms with E-state index in [1.165, 1.54) is 0 Å². The summed E-state index contributed by atoms with van der Waals surface area (Å²) in [5.74, 6) is 0.856. The Morgan fingerprint density at radius 2 is 1.94 bits per heavy atom. The molecular weight excluding hydrogens is 428 g/mol. The Kier molecular flexibility index (Phi) is 5.53. The van der Waals surface area contributed by atoms with Crippen LogP contribution in [-0.2, 0) is 16.8 Å². The Balaban J connectivity index is 1.48. The Morgan fingerprint density at radius 1 is 1.21 bits per heavy atom. The molecule has 1 amide bonds. The third-order valence-electron chi connectivity index (χ3n) is 6.71. The van der Waals surface area contributed by atoms with Gasteiger partial charge >= 0.3 is 0 Å². The predicted molar refractivity (Wildman–Crippen MR) is 132 cm³/mol. The molecule has 2 aromatic carbocycles. The highest BCUT2D eigenvalue weighted by molar-refractivity contribution is 6.10. The zero-order valence-corrected chi connectivity index (χ0v) is 18.9. The highest BCUT2D eigenvalue weighted by atomic mass is 16.5. The molecule has 3 aromatic rings. The van der Waals surface area contributed by atoms with Gasteiger partial charge in [-0.2, -0.15) is 0 Å². The molecule has 1 saturated carbocycles. The van der Waals surface area contributed by atoms with Crippen LogP contribution in [0.15, 0.2) is 72.0 Å². The van der Waals surface area contributed by atoms with E-state index in [0.29, 0.717) is 23.5 Å². The molecule has 3 N–H and O–H groups in total. The maximum atomic E-state index is 13.6. The number of aliphatic imine (C=N–C) groups is 1. The van der Waals surface area contributed by atoms with Gasteiger partial charge in [-0.1, -0.05) is 18.6 Å². The second kappa shape index (κ2) is 8.67. The maximum absolute atomic E-state index is 13.6. The lowest BCUT2D eigenvalue weighted by Gasteiger charge is -2.37. The number of methoxy groups -OCH3 is 1. The number of nitrogens with two attached hydrogens (primary N) is 1. The Labute approximate surface area is 198 Å². The second-order valence-electron chi connectivity index (χ2n) is 8.67. The summed E-state index contributed by atoms with van der Waals surface area (Å²) in [5, 5.41) is 11.0. The van der Waals surface area contributed by atoms with E-state index in [0.717, 1.165) is 41.8 Å². The monoisotopic (exact) mass is 454 g/mol. The van der Waals surface area contributed by atoms with Crippen LogP contribution in [0.2, 0.25) is 0 Å². The first-order chi connectivity index (χ1) is 16.5. The quantitative estimate of drug-likeness (QED) is 0.535. The van der Waals surface area contributed by atoms with Crippen LogP contribution in [0.25, 0.3) is 5.70 Å². The first kappa shape index (κ1) is 21.7. The minimum Gasteiger partial charge on any atom is -0.506 e. The average molecular weight is 455 g/mol. The van der Waals surface area contributed by atoms with Crippen molar-refractivity contribution < 1.29 is 14.6 Å². The van der Waals surface area contributed by atoms with Crippen LogP contribution in [0, 0.1) is 0 Å². The third-order valence-corrected chi connectivity index (χ3v) is 6.71. The number of fused-ring (bicyclic) bond motifs is 2. The van der Waals surface area contributed by atoms with E-state index in [1.807, 2.05) is 30.3 Å². The van der Waals surface area contributed by atoms with Crippen molar-refractivity contribution in [1.29, 1.82) is 0 Å². The number of nitrogens with zero attached hydrogens (tertiary/aromatic N) is 3. The van der Waals surface area contributed by atoms with E-state index in [4.69, 9.17) is 10.5 Å². The van der Waals surface area contributed by atoms with Crippen LogP contribution in [0.1, 0.15) is 36.0 Å². The lowest BCUT2D eigenvalue weighted by Crippen LogP contribution is -2.44. The number of aromatic nitrogens is 1. The van der Waals surface area contributed by atoms with Crippen molar-refractivity contribution in [1.82, 2.24) is 4.98 Å². The zero-order valence-electron chi connectivity index (χ0n) is 18.9. The molecule has 1 spiro atoms. The van der Waals surface area contributed by atoms with Gasteiger partial charge in [-0.05, 0) is 66.4 Å². The summed E-state index contributed by atoms with van der Waals surface area (Å²) in [6, 6.07) is 14.8. The third kappa shape index (κ3) is 3.69. The van der Waals surface area contributed by atoms with Crippen molar-refractivity contribution in [2.45, 2.75) is 31.2 Å². The smallest absolute Gasteiger partial charge is 0.238 e. The minimum atomic E-state index is -0.583. The molecule has 2 heterocycles. The number of pyridine rings is 1. The van der Waals surface area contributed by atoms with Crippen molar-refractivity contribution in [2.24, 2.45) is 10.7 Å². The van der Waals surface area contributed by atoms with Crippen molar-refractivity contribution >= 4 is 29.2 Å². The lowest BCUT2D eigenvalue weighted by molar-refractivity contribution is -0.126. The Hall–Kier alpha value is -4.13. The molecule has 7 nitrogen and oxygen atoms in total. The molecule has 1 aliphatic heterocycles. The number of hydrogen-bond donors (Lipinski definition) is 2. The fourth-order valence-electron chi connectivity index (χ4n) is 4.72. The number of carbonyl (C=O) groups is 1. The summed E-state index contributed by atoms with van der Waals surface area (Å²) in [6.45, 7) is 0.383. The van der Waals surface area contributed by atoms with Crippen LogP contribution < -0.4 is 15.4 Å². The summed E-state index contributed by atoms with van der Waals surface area (Å²) in [4.78, 5) is 23.6. The van der Waals surface area contributed by atoms with Gasteiger partial charge in [-0.25, -0.2) is 0 Å². The fourth-order valence-corrected chi connectivity index (χ4v) is 4.72. The Morgan fingerprint density at radius 3 is 2.59 bits per heavy atom. The first-order valence-electron chi connectivity index (χ1n) is 11.2. The Bertz CT molecular complexity index is 1280. The number of phenolic OH excluding ortho intramolecular Hbond substituents is 1. The molecule has 0 bridgehead atoms. The molecule has 1 aromatic heterocycles. The average Bonchev–Trinajstić information content (AvgIpc) is 3.08. The number of benzene rings is 2. The van der Waals surface area contributed by atoms with Crippen molar-refractivity contribution in [3.05, 3.63) is 83.7 Å². The van der Waals surface area contributed by atoms with Crippen LogP contribution in [0.5, 0.6) is 11.5 Å². The van der Waals surface area contributed by atoms with E-state index in [9.17, 15) is 9.90 Å². The SMILES string of the molecule is COc1ccc(CN2C(=O)C3(CCC3)c3cc(C(N)=CC=Nc4ccncc4)cc(O)c32)cc1. The van der Waals surface area contributed by atoms with Crippen LogP contribution in [-0.4, -0.2) is 29.3 Å². The molecule has 34 heavy (non-hydrogen) atoms. The second-order valence-corrected chi connectivity index (χ2v) is 8.67. The van der Waals surface area contributed by atoms with Gasteiger partial charge in [0.15, 0.2) is 0 Å². The molecule has 1 fully saturated rings. The van der Waals surface area contributed by atoms with Gasteiger partial charge in [-0.15, -0.1) is 0 Å². The summed E-state index contributed by atoms with van der Waals surface area (Å²) < 4.78 is 5.23. The van der Waals surface area contributed by atoms with E-state index in [2.05, 4.69) is 9.98 Å². The number of phenols is 1. The van der Waals surface area contributed by atoms with E-state index in [1.54, 1.807) is 54.9 Å². The number of carbonyl (C=O) groups excluding carboxylic acids is 1. The number of hydrogen-bond acceptors (Lipinski definition) is 6. The summed E-state index contributed by atoms with van der Waals surface area (Å²) in [5.41, 5.74) is 10.1. The molecule has 0 radical (unpaired) electrons. The molecule has 172 valence electrons. The molecule has 0 atom stereocenters. The van der Waals surface area contributed by atoms with Crippen molar-refractivity contribution in [3.63, 3.8) is 0 Å². The molecular formula is C27H26N4O3. The predicted octanol–water partition coefficient (Wildman–Crippen LogP) is 4.47. The van der Waals surface area contributed by atoms with Gasteiger partial charge < -0.3 is 20.5 Å². The number of rotatable bonds is 6. The fraction of sp³-hybridized carbons (Fsp3) is 0.222. The van der Waals surface area contributed by atoms with Gasteiger partial charge in [-0.3, -0.25) is 14.8 Å². The van der Waals surface area contributed by atoms with Gasteiger partial charge in [0, 0.05) is 29.9 Å². The van der Waals surface area contributed by atoms with E-state index in [-0.39, 0.29) is 11.7 Å². The summed E-state index contributed by atoms with van der Waals surface area (Å²) in [6.07, 6.45) is 9.19. The van der Waals surface area contributed by atoms with Crippen molar-refractivity contribution in [2.75, 3.05) is 12.0 Å². The highest BCUT2D eigenvalue weighted by Crippen LogP contribution is 2.56. The van der Waals surface area contributed by atoms with Gasteiger partial charge in [0.05, 0.1) is 30.4 Å². The van der Waals surface area contributed by atoms with Crippen molar-refractivity contribution in [3.8, 4) is 11.5 Å². The van der Waals surface area contributed by atoms with Crippen LogP contribution in [0.3, 0.4) is 0 Å². The standard InChI is InChI=1S/C27H26N4O3/c1-34-21-5-3-18(4-6-21)17-31-25-22(27(26(31)33)10-2-11-27)15-19(16-24(25)32)23(28)9-14-30-20-7-12-29-13-8-20/h3-9,12-16,32H,2,10-11,17,28H2,1H3. The topological polar surface area (TPSA) is 101 Å². The molecule has 5 rings (SSSR count). The number of allylic oxidation sites excluding steroid dienone is 1. The van der Waals surface area contributed by atoms with Gasteiger partial charge in [0.25, 0.3) is 0 Å². The zero-order chi connectivity index (χ0) is 23.7. The summed E-state index contributed by atoms with van der Waals surface area (Å²) in [7, 11) is 1.62. The molecule has 7 heteroatoms. The molecule has 1 aliphatic carbocycles. The largest absolute Gasteiger partial charge is 0.506 e. The molecule has 2 aliphatic rings. The van der Waals surface area contributed by atoms with Crippen LogP contribution >= 0.6 is 0 Å². The molecule has 0 saturated heterocycles. The van der Waals surface area contributed by atoms with E-state index >= 15 is 0 Å². The number of anilines is 1.